The quantitative estimate of drug-likeness (QED) is 0.160. The van der Waals surface area contributed by atoms with E-state index in [1.165, 1.54) is 66.1 Å². The molecule has 3 nitrogen and oxygen atoms in total. The Labute approximate surface area is 326 Å². The molecule has 0 fully saturated rings. The van der Waals surface area contributed by atoms with Crippen molar-refractivity contribution in [2.75, 3.05) is 4.90 Å². The van der Waals surface area contributed by atoms with E-state index in [1.807, 2.05) is 0 Å². The molecule has 1 aliphatic heterocycles. The summed E-state index contributed by atoms with van der Waals surface area (Å²) in [4.78, 5) is 7.54. The number of hydrogen-bond acceptors (Lipinski definition) is 2. The van der Waals surface area contributed by atoms with Gasteiger partial charge >= 0.3 is 0 Å². The second-order valence-electron chi connectivity index (χ2n) is 14.6. The predicted molar refractivity (Wildman–Crippen MR) is 235 cm³/mol. The maximum atomic E-state index is 5.15. The standard InChI is InChI=1S/C53H37N3/c1-2-50-54-46-26-15-27-48-53(46)56(50)49-34-39(29-31-47(49)55(48)41-22-10-5-11-23-41)38-28-30-44-45(33-38)52(40-21-14-20-37(32-40)35-16-6-3-7-17-35)43-25-13-12-24-42(43)51(44)36-18-8-4-9-19-36/h3-34H,2H2,1H3. The molecule has 11 rings (SSSR count). The Morgan fingerprint density at radius 2 is 0.964 bits per heavy atom. The number of para-hydroxylation sites is 2. The lowest BCUT2D eigenvalue weighted by atomic mass is 9.84. The van der Waals surface area contributed by atoms with Crippen molar-refractivity contribution >= 4 is 49.6 Å². The zero-order valence-corrected chi connectivity index (χ0v) is 31.0. The molecule has 0 saturated heterocycles. The first-order chi connectivity index (χ1) is 27.7. The molecule has 0 amide bonds. The van der Waals surface area contributed by atoms with E-state index >= 15 is 0 Å². The van der Waals surface area contributed by atoms with Crippen molar-refractivity contribution in [3.05, 3.63) is 200 Å². The number of aryl methyl sites for hydroxylation is 1. The van der Waals surface area contributed by atoms with Gasteiger partial charge in [0.05, 0.1) is 28.1 Å². The molecule has 56 heavy (non-hydrogen) atoms. The molecule has 1 aliphatic rings. The molecule has 3 heteroatoms. The van der Waals surface area contributed by atoms with Gasteiger partial charge in [0.15, 0.2) is 0 Å². The molecule has 0 bridgehead atoms. The number of benzene rings is 9. The summed E-state index contributed by atoms with van der Waals surface area (Å²) >= 11 is 0. The highest BCUT2D eigenvalue weighted by Crippen LogP contribution is 2.49. The first-order valence-electron chi connectivity index (χ1n) is 19.5. The maximum absolute atomic E-state index is 5.15. The summed E-state index contributed by atoms with van der Waals surface area (Å²) in [6, 6.07) is 70.7. The highest BCUT2D eigenvalue weighted by Gasteiger charge is 2.29. The van der Waals surface area contributed by atoms with E-state index in [4.69, 9.17) is 4.98 Å². The summed E-state index contributed by atoms with van der Waals surface area (Å²) in [6.45, 7) is 2.20. The Kier molecular flexibility index (Phi) is 7.46. The van der Waals surface area contributed by atoms with Gasteiger partial charge < -0.3 is 4.90 Å². The lowest BCUT2D eigenvalue weighted by Gasteiger charge is -2.33. The highest BCUT2D eigenvalue weighted by atomic mass is 15.2. The van der Waals surface area contributed by atoms with Crippen LogP contribution in [0.1, 0.15) is 12.7 Å². The van der Waals surface area contributed by atoms with Gasteiger partial charge in [-0.15, -0.1) is 0 Å². The van der Waals surface area contributed by atoms with Crippen LogP contribution in [-0.2, 0) is 6.42 Å². The van der Waals surface area contributed by atoms with Gasteiger partial charge in [0.2, 0.25) is 0 Å². The number of anilines is 3. The molecule has 10 aromatic rings. The molecule has 0 atom stereocenters. The number of nitrogens with zero attached hydrogens (tertiary/aromatic N) is 3. The van der Waals surface area contributed by atoms with Gasteiger partial charge in [-0.3, -0.25) is 4.57 Å². The number of imidazole rings is 1. The minimum absolute atomic E-state index is 0.833. The molecule has 2 heterocycles. The van der Waals surface area contributed by atoms with Gasteiger partial charge in [-0.05, 0) is 115 Å². The van der Waals surface area contributed by atoms with Crippen molar-refractivity contribution in [1.29, 1.82) is 0 Å². The number of fused-ring (bicyclic) bond motifs is 4. The average Bonchev–Trinajstić information content (AvgIpc) is 3.66. The Bertz CT molecular complexity index is 3110. The van der Waals surface area contributed by atoms with Gasteiger partial charge in [-0.25, -0.2) is 4.98 Å². The summed E-state index contributed by atoms with van der Waals surface area (Å²) in [5, 5.41) is 4.97. The van der Waals surface area contributed by atoms with Gasteiger partial charge in [0.1, 0.15) is 5.82 Å². The monoisotopic (exact) mass is 715 g/mol. The molecule has 0 saturated carbocycles. The molecule has 0 radical (unpaired) electrons. The van der Waals surface area contributed by atoms with Crippen LogP contribution in [0.4, 0.5) is 17.1 Å². The zero-order chi connectivity index (χ0) is 37.2. The fourth-order valence-corrected chi connectivity index (χ4v) is 8.96. The smallest absolute Gasteiger partial charge is 0.114 e. The van der Waals surface area contributed by atoms with Crippen LogP contribution in [0, 0.1) is 0 Å². The van der Waals surface area contributed by atoms with Gasteiger partial charge in [-0.1, -0.05) is 153 Å². The molecular formula is C53H37N3. The summed E-state index contributed by atoms with van der Waals surface area (Å²) in [5.41, 5.74) is 16.4. The predicted octanol–water partition coefficient (Wildman–Crippen LogP) is 14.3. The van der Waals surface area contributed by atoms with Crippen LogP contribution in [-0.4, -0.2) is 9.55 Å². The zero-order valence-electron chi connectivity index (χ0n) is 31.0. The van der Waals surface area contributed by atoms with E-state index in [-0.39, 0.29) is 0 Å². The first kappa shape index (κ1) is 32.2. The second-order valence-corrected chi connectivity index (χ2v) is 14.6. The van der Waals surface area contributed by atoms with Crippen molar-refractivity contribution < 1.29 is 0 Å². The highest BCUT2D eigenvalue weighted by molar-refractivity contribution is 6.22. The number of aromatic nitrogens is 2. The van der Waals surface area contributed by atoms with Crippen LogP contribution in [0.15, 0.2) is 194 Å². The summed E-state index contributed by atoms with van der Waals surface area (Å²) in [6.07, 6.45) is 0.833. The number of rotatable bonds is 6. The van der Waals surface area contributed by atoms with Crippen molar-refractivity contribution in [3.63, 3.8) is 0 Å². The SMILES string of the molecule is CCc1nc2cccc3c2n1-c1cc(-c2ccc4c(-c5ccccc5)c5ccccc5c(-c5cccc(-c6ccccc6)c5)c4c2)ccc1N3c1ccccc1. The van der Waals surface area contributed by atoms with Crippen LogP contribution < -0.4 is 4.90 Å². The van der Waals surface area contributed by atoms with Gasteiger partial charge in [0, 0.05) is 12.1 Å². The summed E-state index contributed by atoms with van der Waals surface area (Å²) in [7, 11) is 0. The van der Waals surface area contributed by atoms with E-state index in [0.29, 0.717) is 0 Å². The first-order valence-corrected chi connectivity index (χ1v) is 19.5. The summed E-state index contributed by atoms with van der Waals surface area (Å²) in [5.74, 6) is 1.07. The molecule has 0 unspecified atom stereocenters. The summed E-state index contributed by atoms with van der Waals surface area (Å²) < 4.78 is 2.39. The van der Waals surface area contributed by atoms with Crippen LogP contribution in [0.25, 0.3) is 82.8 Å². The fraction of sp³-hybridized carbons (Fsp3) is 0.0377. The molecular weight excluding hydrogens is 679 g/mol. The third-order valence-corrected chi connectivity index (χ3v) is 11.4. The lowest BCUT2D eigenvalue weighted by molar-refractivity contribution is 0.900. The van der Waals surface area contributed by atoms with E-state index in [1.54, 1.807) is 0 Å². The molecule has 1 aromatic heterocycles. The molecule has 0 spiro atoms. The molecule has 0 aliphatic carbocycles. The normalized spacial score (nSPS) is 12.1. The largest absolute Gasteiger partial charge is 0.306 e. The van der Waals surface area contributed by atoms with Crippen LogP contribution >= 0.6 is 0 Å². The van der Waals surface area contributed by atoms with Crippen LogP contribution in [0.5, 0.6) is 0 Å². The Morgan fingerprint density at radius 3 is 1.71 bits per heavy atom. The van der Waals surface area contributed by atoms with Gasteiger partial charge in [0.25, 0.3) is 0 Å². The third-order valence-electron chi connectivity index (χ3n) is 11.4. The second kappa shape index (κ2) is 13.0. The molecule has 0 N–H and O–H groups in total. The van der Waals surface area contributed by atoms with Crippen molar-refractivity contribution in [2.45, 2.75) is 13.3 Å². The number of hydrogen-bond donors (Lipinski definition) is 0. The Hall–Kier alpha value is -7.23. The molecule has 9 aromatic carbocycles. The van der Waals surface area contributed by atoms with Crippen LogP contribution in [0.2, 0.25) is 0 Å². The maximum Gasteiger partial charge on any atom is 0.114 e. The van der Waals surface area contributed by atoms with Crippen LogP contribution in [0.3, 0.4) is 0 Å². The molecule has 264 valence electrons. The van der Waals surface area contributed by atoms with Crippen molar-refractivity contribution in [2.24, 2.45) is 0 Å². The van der Waals surface area contributed by atoms with E-state index in [0.717, 1.165) is 46.0 Å². The van der Waals surface area contributed by atoms with E-state index in [2.05, 4.69) is 211 Å². The van der Waals surface area contributed by atoms with E-state index < -0.39 is 0 Å². The topological polar surface area (TPSA) is 21.1 Å². The lowest BCUT2D eigenvalue weighted by Crippen LogP contribution is -2.19. The third kappa shape index (κ3) is 5.02. The van der Waals surface area contributed by atoms with Crippen molar-refractivity contribution in [3.8, 4) is 50.2 Å². The van der Waals surface area contributed by atoms with E-state index in [9.17, 15) is 0 Å². The Balaban J connectivity index is 1.18. The average molecular weight is 716 g/mol. The Morgan fingerprint density at radius 1 is 0.393 bits per heavy atom. The van der Waals surface area contributed by atoms with Gasteiger partial charge in [-0.2, -0.15) is 0 Å². The minimum atomic E-state index is 0.833. The minimum Gasteiger partial charge on any atom is -0.306 e. The fourth-order valence-electron chi connectivity index (χ4n) is 8.96. The van der Waals surface area contributed by atoms with Crippen molar-refractivity contribution in [1.82, 2.24) is 9.55 Å².